The Bertz CT molecular complexity index is 527. The smallest absolute Gasteiger partial charge is 0.326 e. The van der Waals surface area contributed by atoms with Crippen LogP contribution in [0.25, 0.3) is 0 Å². The largest absolute Gasteiger partial charge is 0.491 e. The maximum absolute atomic E-state index is 12.3. The van der Waals surface area contributed by atoms with Gasteiger partial charge in [0.05, 0.1) is 12.5 Å². The van der Waals surface area contributed by atoms with E-state index in [0.717, 1.165) is 17.7 Å². The fourth-order valence-corrected chi connectivity index (χ4v) is 2.60. The van der Waals surface area contributed by atoms with Gasteiger partial charge in [-0.15, -0.1) is 0 Å². The summed E-state index contributed by atoms with van der Waals surface area (Å²) in [5.41, 5.74) is 0.842. The molecule has 1 amide bonds. The molecule has 5 heteroatoms. The summed E-state index contributed by atoms with van der Waals surface area (Å²) in [5, 5.41) is 9.13. The summed E-state index contributed by atoms with van der Waals surface area (Å²) in [5.74, 6) is -0.328. The maximum atomic E-state index is 12.3. The van der Waals surface area contributed by atoms with Crippen molar-refractivity contribution in [1.82, 2.24) is 4.90 Å². The molecule has 2 rings (SSSR count). The van der Waals surface area contributed by atoms with Crippen LogP contribution in [0.2, 0.25) is 0 Å². The van der Waals surface area contributed by atoms with Crippen molar-refractivity contribution in [2.24, 2.45) is 0 Å². The number of rotatable bonds is 5. The van der Waals surface area contributed by atoms with E-state index < -0.39 is 12.0 Å². The number of carboxylic acid groups (broad SMARTS) is 1. The normalized spacial score (nSPS) is 18.0. The second-order valence-corrected chi connectivity index (χ2v) is 5.57. The number of carbonyl (C=O) groups excluding carboxylic acids is 1. The Hall–Kier alpha value is -2.04. The standard InChI is InChI=1S/C16H21NO4/c1-11(2)21-13-6-3-5-12(9-13)10-15(18)17-8-4-7-14(17)16(19)20/h3,5-6,9,11,14H,4,7-8,10H2,1-2H3,(H,19,20). The lowest BCUT2D eigenvalue weighted by Gasteiger charge is -2.21. The van der Waals surface area contributed by atoms with Crippen LogP contribution >= 0.6 is 0 Å². The highest BCUT2D eigenvalue weighted by Crippen LogP contribution is 2.20. The molecule has 1 fully saturated rings. The molecule has 0 spiro atoms. The predicted molar refractivity (Wildman–Crippen MR) is 78.3 cm³/mol. The third-order valence-electron chi connectivity index (χ3n) is 3.48. The molecule has 1 aromatic carbocycles. The Morgan fingerprint density at radius 3 is 2.86 bits per heavy atom. The van der Waals surface area contributed by atoms with Gasteiger partial charge in [0.25, 0.3) is 0 Å². The van der Waals surface area contributed by atoms with Gasteiger partial charge >= 0.3 is 5.97 Å². The minimum Gasteiger partial charge on any atom is -0.491 e. The minimum absolute atomic E-state index is 0.0749. The van der Waals surface area contributed by atoms with Crippen molar-refractivity contribution < 1.29 is 19.4 Å². The van der Waals surface area contributed by atoms with Gasteiger partial charge in [0.2, 0.25) is 5.91 Å². The number of amides is 1. The number of aliphatic carboxylic acids is 1. The zero-order valence-corrected chi connectivity index (χ0v) is 12.4. The number of hydrogen-bond acceptors (Lipinski definition) is 3. The maximum Gasteiger partial charge on any atom is 0.326 e. The molecule has 1 saturated heterocycles. The van der Waals surface area contributed by atoms with Crippen molar-refractivity contribution in [3.05, 3.63) is 29.8 Å². The van der Waals surface area contributed by atoms with Gasteiger partial charge in [-0.3, -0.25) is 4.79 Å². The molecule has 0 saturated carbocycles. The number of carboxylic acids is 1. The number of nitrogens with zero attached hydrogens (tertiary/aromatic N) is 1. The Morgan fingerprint density at radius 2 is 2.19 bits per heavy atom. The van der Waals surface area contributed by atoms with E-state index in [2.05, 4.69) is 0 Å². The van der Waals surface area contributed by atoms with Crippen molar-refractivity contribution in [3.8, 4) is 5.75 Å². The Morgan fingerprint density at radius 1 is 1.43 bits per heavy atom. The molecule has 21 heavy (non-hydrogen) atoms. The van der Waals surface area contributed by atoms with Gasteiger partial charge in [-0.2, -0.15) is 0 Å². The molecule has 0 radical (unpaired) electrons. The molecule has 1 aromatic rings. The highest BCUT2D eigenvalue weighted by molar-refractivity contribution is 5.85. The first-order valence-electron chi connectivity index (χ1n) is 7.25. The Balaban J connectivity index is 2.04. The molecule has 0 aromatic heterocycles. The molecule has 0 bridgehead atoms. The molecule has 1 atom stereocenters. The first-order chi connectivity index (χ1) is 9.97. The number of ether oxygens (including phenoxy) is 1. The van der Waals surface area contributed by atoms with E-state index >= 15 is 0 Å². The third kappa shape index (κ3) is 3.97. The average molecular weight is 291 g/mol. The molecule has 114 valence electrons. The summed E-state index contributed by atoms with van der Waals surface area (Å²) in [7, 11) is 0. The van der Waals surface area contributed by atoms with Crippen molar-refractivity contribution in [2.75, 3.05) is 6.54 Å². The highest BCUT2D eigenvalue weighted by Gasteiger charge is 2.33. The van der Waals surface area contributed by atoms with Crippen LogP contribution in [0.15, 0.2) is 24.3 Å². The quantitative estimate of drug-likeness (QED) is 0.902. The van der Waals surface area contributed by atoms with Gasteiger partial charge in [0.1, 0.15) is 11.8 Å². The van der Waals surface area contributed by atoms with Crippen molar-refractivity contribution in [2.45, 2.75) is 45.3 Å². The van der Waals surface area contributed by atoms with Crippen molar-refractivity contribution in [1.29, 1.82) is 0 Å². The zero-order valence-electron chi connectivity index (χ0n) is 12.4. The highest BCUT2D eigenvalue weighted by atomic mass is 16.5. The second-order valence-electron chi connectivity index (χ2n) is 5.57. The lowest BCUT2D eigenvalue weighted by molar-refractivity contribution is -0.148. The first kappa shape index (κ1) is 15.4. The van der Waals surface area contributed by atoms with Crippen LogP contribution < -0.4 is 4.74 Å². The van der Waals surface area contributed by atoms with E-state index in [0.29, 0.717) is 13.0 Å². The van der Waals surface area contributed by atoms with Gasteiger partial charge in [0.15, 0.2) is 0 Å². The molecule has 1 heterocycles. The fraction of sp³-hybridized carbons (Fsp3) is 0.500. The third-order valence-corrected chi connectivity index (χ3v) is 3.48. The zero-order chi connectivity index (χ0) is 15.4. The van der Waals surface area contributed by atoms with E-state index in [1.807, 2.05) is 38.1 Å². The van der Waals surface area contributed by atoms with Gasteiger partial charge in [-0.05, 0) is 44.4 Å². The summed E-state index contributed by atoms with van der Waals surface area (Å²) >= 11 is 0. The Labute approximate surface area is 124 Å². The molecule has 1 aliphatic heterocycles. The molecule has 0 aliphatic carbocycles. The molecule has 5 nitrogen and oxygen atoms in total. The van der Waals surface area contributed by atoms with Crippen molar-refractivity contribution >= 4 is 11.9 Å². The molecular weight excluding hydrogens is 270 g/mol. The number of carbonyl (C=O) groups is 2. The topological polar surface area (TPSA) is 66.8 Å². The van der Waals surface area contributed by atoms with E-state index in [1.165, 1.54) is 4.90 Å². The lowest BCUT2D eigenvalue weighted by atomic mass is 10.1. The van der Waals surface area contributed by atoms with E-state index in [9.17, 15) is 9.59 Å². The van der Waals surface area contributed by atoms with Crippen LogP contribution in [0, 0.1) is 0 Å². The van der Waals surface area contributed by atoms with Crippen LogP contribution in [0.5, 0.6) is 5.75 Å². The number of benzene rings is 1. The second kappa shape index (κ2) is 6.61. The monoisotopic (exact) mass is 291 g/mol. The predicted octanol–water partition coefficient (Wildman–Crippen LogP) is 2.09. The summed E-state index contributed by atoms with van der Waals surface area (Å²) < 4.78 is 5.60. The van der Waals surface area contributed by atoms with E-state index in [4.69, 9.17) is 9.84 Å². The summed E-state index contributed by atoms with van der Waals surface area (Å²) in [6.07, 6.45) is 1.57. The summed E-state index contributed by atoms with van der Waals surface area (Å²) in [6.45, 7) is 4.41. The van der Waals surface area contributed by atoms with E-state index in [-0.39, 0.29) is 18.4 Å². The average Bonchev–Trinajstić information content (AvgIpc) is 2.87. The molecular formula is C16H21NO4. The van der Waals surface area contributed by atoms with Gasteiger partial charge in [-0.1, -0.05) is 12.1 Å². The van der Waals surface area contributed by atoms with Crippen molar-refractivity contribution in [3.63, 3.8) is 0 Å². The van der Waals surface area contributed by atoms with Crippen LogP contribution in [0.1, 0.15) is 32.3 Å². The molecule has 1 unspecified atom stereocenters. The molecule has 1 aliphatic rings. The summed E-state index contributed by atoms with van der Waals surface area (Å²) in [6, 6.07) is 6.72. The fourth-order valence-electron chi connectivity index (χ4n) is 2.60. The molecule has 1 N–H and O–H groups in total. The number of hydrogen-bond donors (Lipinski definition) is 1. The lowest BCUT2D eigenvalue weighted by Crippen LogP contribution is -2.41. The van der Waals surface area contributed by atoms with E-state index in [1.54, 1.807) is 0 Å². The van der Waals surface area contributed by atoms with Crippen LogP contribution in [0.4, 0.5) is 0 Å². The van der Waals surface area contributed by atoms with Gasteiger partial charge < -0.3 is 14.7 Å². The summed E-state index contributed by atoms with van der Waals surface area (Å²) in [4.78, 5) is 24.9. The number of likely N-dealkylation sites (tertiary alicyclic amines) is 1. The van der Waals surface area contributed by atoms with Gasteiger partial charge in [-0.25, -0.2) is 4.79 Å². The van der Waals surface area contributed by atoms with Crippen LogP contribution in [-0.4, -0.2) is 40.6 Å². The van der Waals surface area contributed by atoms with Crippen LogP contribution in [0.3, 0.4) is 0 Å². The Kier molecular flexibility index (Phi) is 4.83. The van der Waals surface area contributed by atoms with Gasteiger partial charge in [0, 0.05) is 6.54 Å². The van der Waals surface area contributed by atoms with Crippen LogP contribution in [-0.2, 0) is 16.0 Å². The first-order valence-corrected chi connectivity index (χ1v) is 7.25. The minimum atomic E-state index is -0.919. The SMILES string of the molecule is CC(C)Oc1cccc(CC(=O)N2CCCC2C(=O)O)c1.